The maximum atomic E-state index is 2.58. The Balaban J connectivity index is 1.88. The molecule has 1 saturated heterocycles. The highest BCUT2D eigenvalue weighted by molar-refractivity contribution is 14.1. The molecule has 15 heavy (non-hydrogen) atoms. The van der Waals surface area contributed by atoms with Gasteiger partial charge in [0.25, 0.3) is 0 Å². The van der Waals surface area contributed by atoms with Crippen LogP contribution in [0.3, 0.4) is 0 Å². The van der Waals surface area contributed by atoms with Crippen molar-refractivity contribution in [2.24, 2.45) is 0 Å². The summed E-state index contributed by atoms with van der Waals surface area (Å²) in [6, 6.07) is 10.9. The molecule has 0 saturated carbocycles. The predicted molar refractivity (Wildman–Crippen MR) is 81.1 cm³/mol. The highest BCUT2D eigenvalue weighted by atomic mass is 127. The van der Waals surface area contributed by atoms with Crippen LogP contribution in [0, 0.1) is 0 Å². The minimum atomic E-state index is 0.673. The van der Waals surface area contributed by atoms with E-state index in [1.165, 1.54) is 29.9 Å². The Bertz CT molecular complexity index is 283. The molecule has 82 valence electrons. The number of benzene rings is 1. The zero-order valence-corrected chi connectivity index (χ0v) is 12.4. The summed E-state index contributed by atoms with van der Waals surface area (Å²) >= 11 is 6.87. The zero-order valence-electron chi connectivity index (χ0n) is 8.56. The first-order valence-electron chi connectivity index (χ1n) is 5.28. The molecule has 1 aromatic carbocycles. The van der Waals surface area contributed by atoms with Crippen LogP contribution in [0.1, 0.15) is 22.3 Å². The van der Waals surface area contributed by atoms with Gasteiger partial charge in [-0.25, -0.2) is 0 Å². The van der Waals surface area contributed by atoms with E-state index in [1.54, 1.807) is 0 Å². The van der Waals surface area contributed by atoms with Gasteiger partial charge in [-0.2, -0.15) is 0 Å². The molecule has 3 heteroatoms. The lowest BCUT2D eigenvalue weighted by Crippen LogP contribution is -2.08. The lowest BCUT2D eigenvalue weighted by molar-refractivity contribution is 0.899. The molecule has 1 atom stereocenters. The second-order valence-corrected chi connectivity index (χ2v) is 8.06. The molecule has 1 unspecified atom stereocenters. The van der Waals surface area contributed by atoms with E-state index in [-0.39, 0.29) is 0 Å². The zero-order chi connectivity index (χ0) is 10.5. The first kappa shape index (κ1) is 12.1. The average Bonchev–Trinajstić information content (AvgIpc) is 2.31. The van der Waals surface area contributed by atoms with Gasteiger partial charge >= 0.3 is 0 Å². The van der Waals surface area contributed by atoms with Crippen molar-refractivity contribution in [3.05, 3.63) is 35.9 Å². The van der Waals surface area contributed by atoms with Gasteiger partial charge in [0.2, 0.25) is 0 Å². The molecule has 0 aliphatic carbocycles. The van der Waals surface area contributed by atoms with Crippen molar-refractivity contribution in [2.45, 2.75) is 21.3 Å². The summed E-state index contributed by atoms with van der Waals surface area (Å²) in [6.45, 7) is 0. The molecule has 0 nitrogen and oxygen atoms in total. The van der Waals surface area contributed by atoms with E-state index in [0.29, 0.717) is 3.92 Å². The fraction of sp³-hybridized carbons (Fsp3) is 0.500. The Morgan fingerprint density at radius 3 is 2.53 bits per heavy atom. The molecule has 1 aliphatic heterocycles. The molecule has 0 amide bonds. The number of hydrogen-bond acceptors (Lipinski definition) is 2. The Labute approximate surface area is 114 Å². The third-order valence-electron chi connectivity index (χ3n) is 2.46. The van der Waals surface area contributed by atoms with Crippen molar-refractivity contribution in [3.63, 3.8) is 0 Å². The van der Waals surface area contributed by atoms with Crippen LogP contribution < -0.4 is 0 Å². The van der Waals surface area contributed by atoms with Gasteiger partial charge < -0.3 is 0 Å². The van der Waals surface area contributed by atoms with Crippen LogP contribution in [0.5, 0.6) is 0 Å². The van der Waals surface area contributed by atoms with E-state index in [4.69, 9.17) is 0 Å². The fourth-order valence-electron chi connectivity index (χ4n) is 1.64. The summed E-state index contributed by atoms with van der Waals surface area (Å²) in [5.41, 5.74) is 1.48. The topological polar surface area (TPSA) is 0 Å². The largest absolute Gasteiger partial charge is 0.148 e. The Kier molecular flexibility index (Phi) is 5.17. The van der Waals surface area contributed by atoms with E-state index in [9.17, 15) is 0 Å². The van der Waals surface area contributed by atoms with Crippen LogP contribution >= 0.6 is 46.1 Å². The van der Waals surface area contributed by atoms with E-state index in [2.05, 4.69) is 76.4 Å². The molecule has 1 heterocycles. The summed E-state index contributed by atoms with van der Waals surface area (Å²) in [6.07, 6.45) is 2.70. The van der Waals surface area contributed by atoms with E-state index < -0.39 is 0 Å². The molecule has 0 spiro atoms. The predicted octanol–water partition coefficient (Wildman–Crippen LogP) is 4.75. The Hall–Kier alpha value is 0.650. The van der Waals surface area contributed by atoms with Gasteiger partial charge in [-0.05, 0) is 29.9 Å². The van der Waals surface area contributed by atoms with Crippen molar-refractivity contribution in [1.29, 1.82) is 0 Å². The summed E-state index contributed by atoms with van der Waals surface area (Å²) in [7, 11) is 0. The summed E-state index contributed by atoms with van der Waals surface area (Å²) in [5, 5.41) is 0. The van der Waals surface area contributed by atoms with Gasteiger partial charge in [-0.1, -0.05) is 52.9 Å². The molecule has 0 aromatic heterocycles. The number of hydrogen-bond donors (Lipinski definition) is 0. The third kappa shape index (κ3) is 3.86. The SMILES string of the molecule is IC(CC1SCCCS1)c1ccccc1. The van der Waals surface area contributed by atoms with Crippen LogP contribution in [-0.2, 0) is 0 Å². The van der Waals surface area contributed by atoms with Crippen molar-refractivity contribution in [1.82, 2.24) is 0 Å². The van der Waals surface area contributed by atoms with Crippen molar-refractivity contribution >= 4 is 46.1 Å². The van der Waals surface area contributed by atoms with E-state index >= 15 is 0 Å². The van der Waals surface area contributed by atoms with Crippen molar-refractivity contribution in [3.8, 4) is 0 Å². The maximum absolute atomic E-state index is 2.58. The lowest BCUT2D eigenvalue weighted by atomic mass is 10.1. The molecule has 1 aliphatic rings. The summed E-state index contributed by atoms with van der Waals surface area (Å²) in [4.78, 5) is 0. The monoisotopic (exact) mass is 350 g/mol. The van der Waals surface area contributed by atoms with Gasteiger partial charge in [0, 0.05) is 3.92 Å². The van der Waals surface area contributed by atoms with Crippen molar-refractivity contribution in [2.75, 3.05) is 11.5 Å². The van der Waals surface area contributed by atoms with Gasteiger partial charge in [0.15, 0.2) is 0 Å². The second kappa shape index (κ2) is 6.40. The van der Waals surface area contributed by atoms with Gasteiger partial charge in [0.05, 0.1) is 4.58 Å². The molecule has 0 bridgehead atoms. The number of rotatable bonds is 3. The van der Waals surface area contributed by atoms with Crippen molar-refractivity contribution < 1.29 is 0 Å². The van der Waals surface area contributed by atoms with Crippen LogP contribution in [0.4, 0.5) is 0 Å². The smallest absolute Gasteiger partial charge is 0.0515 e. The summed E-state index contributed by atoms with van der Waals surface area (Å²) < 4.78 is 1.49. The van der Waals surface area contributed by atoms with E-state index in [1.807, 2.05) is 0 Å². The molecule has 0 N–H and O–H groups in total. The molecular weight excluding hydrogens is 335 g/mol. The number of alkyl halides is 1. The van der Waals surface area contributed by atoms with Crippen LogP contribution in [-0.4, -0.2) is 16.1 Å². The van der Waals surface area contributed by atoms with Gasteiger partial charge in [0.1, 0.15) is 0 Å². The Morgan fingerprint density at radius 2 is 1.87 bits per heavy atom. The fourth-order valence-corrected chi connectivity index (χ4v) is 6.20. The Morgan fingerprint density at radius 1 is 1.20 bits per heavy atom. The summed E-state index contributed by atoms with van der Waals surface area (Å²) in [5.74, 6) is 2.71. The number of thioether (sulfide) groups is 2. The molecule has 0 radical (unpaired) electrons. The van der Waals surface area contributed by atoms with E-state index in [0.717, 1.165) is 4.58 Å². The maximum Gasteiger partial charge on any atom is 0.0515 e. The highest BCUT2D eigenvalue weighted by Crippen LogP contribution is 2.39. The van der Waals surface area contributed by atoms with Crippen LogP contribution in [0.2, 0.25) is 0 Å². The molecule has 2 rings (SSSR count). The molecule has 1 fully saturated rings. The quantitative estimate of drug-likeness (QED) is 0.570. The first-order chi connectivity index (χ1) is 7.36. The third-order valence-corrected chi connectivity index (χ3v) is 6.68. The normalized spacial score (nSPS) is 20.1. The van der Waals surface area contributed by atoms with Crippen LogP contribution in [0.25, 0.3) is 0 Å². The standard InChI is InChI=1S/C12H15IS2/c13-11(10-5-2-1-3-6-10)9-12-14-7-4-8-15-12/h1-3,5-6,11-12H,4,7-9H2. The lowest BCUT2D eigenvalue weighted by Gasteiger charge is -2.23. The van der Waals surface area contributed by atoms with Gasteiger partial charge in [-0.15, -0.1) is 23.5 Å². The first-order valence-corrected chi connectivity index (χ1v) is 8.63. The molecular formula is C12H15IS2. The van der Waals surface area contributed by atoms with Crippen LogP contribution in [0.15, 0.2) is 30.3 Å². The highest BCUT2D eigenvalue weighted by Gasteiger charge is 2.18. The van der Waals surface area contributed by atoms with Gasteiger partial charge in [-0.3, -0.25) is 0 Å². The molecule has 1 aromatic rings. The minimum Gasteiger partial charge on any atom is -0.148 e. The minimum absolute atomic E-state index is 0.673. The number of halogens is 1. The second-order valence-electron chi connectivity index (χ2n) is 3.64. The average molecular weight is 350 g/mol.